The van der Waals surface area contributed by atoms with Crippen molar-refractivity contribution >= 4 is 26.4 Å². The molecule has 0 unspecified atom stereocenters. The van der Waals surface area contributed by atoms with E-state index in [9.17, 15) is 0 Å². The molecule has 0 aromatic rings. The molecule has 0 fully saturated rings. The summed E-state index contributed by atoms with van der Waals surface area (Å²) in [6, 6.07) is 0. The molecule has 6 N–H and O–H groups in total. The van der Waals surface area contributed by atoms with E-state index >= 15 is 0 Å². The zero-order valence-corrected chi connectivity index (χ0v) is 10.5. The minimum absolute atomic E-state index is 0. The van der Waals surface area contributed by atoms with Gasteiger partial charge >= 0.3 is 38.6 Å². The summed E-state index contributed by atoms with van der Waals surface area (Å²) in [5.41, 5.74) is 0. The molecule has 0 atom stereocenters. The van der Waals surface area contributed by atoms with Gasteiger partial charge in [-0.1, -0.05) is 0 Å². The summed E-state index contributed by atoms with van der Waals surface area (Å²) >= 11 is 0. The van der Waals surface area contributed by atoms with Gasteiger partial charge in [-0.15, -0.1) is 0 Å². The van der Waals surface area contributed by atoms with Gasteiger partial charge in [-0.3, -0.25) is 0 Å². The van der Waals surface area contributed by atoms with Gasteiger partial charge in [0.05, 0.1) is 0 Å². The van der Waals surface area contributed by atoms with E-state index in [1.165, 1.54) is 0 Å². The number of hydrogen-bond donors (Lipinski definition) is 4. The minimum atomic E-state index is -4.61. The maximum Gasteiger partial charge on any atom is 1.00 e. The van der Waals surface area contributed by atoms with Gasteiger partial charge in [-0.25, -0.2) is 0 Å². The van der Waals surface area contributed by atoms with E-state index in [4.69, 9.17) is 19.2 Å². The first kappa shape index (κ1) is 30.3. The third-order valence-corrected chi connectivity index (χ3v) is 0. The monoisotopic (exact) mass is 232 g/mol. The van der Waals surface area contributed by atoms with Gasteiger partial charge < -0.3 is 26.1 Å². The fourth-order valence-corrected chi connectivity index (χ4v) is 0. The Morgan fingerprint density at radius 3 is 1.00 bits per heavy atom. The predicted octanol–water partition coefficient (Wildman–Crippen LogP) is -7.50. The molecule has 5 nitrogen and oxygen atoms in total. The van der Waals surface area contributed by atoms with Crippen molar-refractivity contribution in [1.29, 1.82) is 0 Å². The summed E-state index contributed by atoms with van der Waals surface area (Å²) < 4.78 is 0. The van der Waals surface area contributed by atoms with Crippen molar-refractivity contribution in [3.63, 3.8) is 0 Å². The molecule has 0 amide bonds. The third kappa shape index (κ3) is 144. The van der Waals surface area contributed by atoms with Crippen molar-refractivity contribution in [1.82, 2.24) is 0 Å². The Bertz CT molecular complexity index is 37.1. The summed E-state index contributed by atoms with van der Waals surface area (Å²) in [7, 11) is -4.61. The first-order valence-electron chi connectivity index (χ1n) is 0.894. The second-order valence-electron chi connectivity index (χ2n) is 0.600. The molecule has 50 valence electrons. The topological polar surface area (TPSA) is 112 Å². The van der Waals surface area contributed by atoms with Crippen LogP contribution in [0.3, 0.4) is 0 Å². The van der Waals surface area contributed by atoms with Crippen molar-refractivity contribution in [2.24, 2.45) is 0 Å². The second kappa shape index (κ2) is 12.8. The Balaban J connectivity index is -0.00000000800. The third-order valence-electron chi connectivity index (χ3n) is 0. The Labute approximate surface area is 101 Å². The van der Waals surface area contributed by atoms with Crippen molar-refractivity contribution < 1.29 is 75.1 Å². The summed E-state index contributed by atoms with van der Waals surface area (Å²) in [6.45, 7) is 0. The van der Waals surface area contributed by atoms with Crippen LogP contribution in [0.1, 0.15) is 1.43 Å². The normalized spacial score (nSPS) is 6.67. The van der Waals surface area contributed by atoms with E-state index in [0.29, 0.717) is 0 Å². The summed E-state index contributed by atoms with van der Waals surface area (Å²) in [4.78, 5) is 29.3. The number of hydrogen-bond acceptors (Lipinski definition) is 4. The van der Waals surface area contributed by atoms with Crippen molar-refractivity contribution in [3.05, 3.63) is 0 Å². The van der Waals surface area contributed by atoms with E-state index in [0.717, 1.165) is 0 Å². The van der Waals surface area contributed by atoms with E-state index in [2.05, 4.69) is 0 Å². The van der Waals surface area contributed by atoms with Gasteiger partial charge in [0.2, 0.25) is 0 Å². The average molecular weight is 234 g/mol. The molecular formula is H10AlNaO5SiZn. The molecule has 0 radical (unpaired) electrons. The van der Waals surface area contributed by atoms with Crippen LogP contribution in [-0.2, 0) is 19.5 Å². The quantitative estimate of drug-likeness (QED) is 0.311. The smallest absolute Gasteiger partial charge is 1.00 e. The SMILES string of the molecule is O.O[Si](O)(O)O.[AlH3].[H-].[Na+].[Zn]. The zero-order valence-electron chi connectivity index (χ0n) is 5.50. The van der Waals surface area contributed by atoms with Gasteiger partial charge in [-0.2, -0.15) is 0 Å². The predicted molar refractivity (Wildman–Crippen MR) is 29.3 cm³/mol. The van der Waals surface area contributed by atoms with Gasteiger partial charge in [0.15, 0.2) is 17.4 Å². The molecule has 0 rings (SSSR count). The van der Waals surface area contributed by atoms with Gasteiger partial charge in [0.1, 0.15) is 0 Å². The Kier molecular flexibility index (Phi) is 43.2. The zero-order chi connectivity index (χ0) is 4.50. The maximum absolute atomic E-state index is 7.33. The molecule has 0 aromatic heterocycles. The van der Waals surface area contributed by atoms with Crippen LogP contribution in [0.15, 0.2) is 0 Å². The molecule has 0 saturated carbocycles. The molecular weight excluding hydrogens is 223 g/mol. The first-order chi connectivity index (χ1) is 2.00. The van der Waals surface area contributed by atoms with E-state index < -0.39 is 9.05 Å². The first-order valence-corrected chi connectivity index (χ1v) is 2.68. The van der Waals surface area contributed by atoms with Crippen molar-refractivity contribution in [2.45, 2.75) is 0 Å². The average Bonchev–Trinajstić information content (AvgIpc) is 0.722. The molecule has 9 heteroatoms. The van der Waals surface area contributed by atoms with Crippen LogP contribution < -0.4 is 29.6 Å². The van der Waals surface area contributed by atoms with Crippen molar-refractivity contribution in [3.8, 4) is 0 Å². The van der Waals surface area contributed by atoms with E-state index in [1.54, 1.807) is 0 Å². The minimum Gasteiger partial charge on any atom is -1.00 e. The molecule has 0 aliphatic heterocycles. The molecule has 0 aromatic carbocycles. The molecule has 0 bridgehead atoms. The van der Waals surface area contributed by atoms with Crippen LogP contribution in [0.4, 0.5) is 0 Å². The number of rotatable bonds is 0. The molecule has 0 aliphatic carbocycles. The van der Waals surface area contributed by atoms with E-state index in [1.807, 2.05) is 0 Å². The van der Waals surface area contributed by atoms with Crippen LogP contribution in [0, 0.1) is 0 Å². The molecule has 0 saturated heterocycles. The van der Waals surface area contributed by atoms with Crippen LogP contribution in [0.25, 0.3) is 0 Å². The Hall–Kier alpha value is 2.17. The van der Waals surface area contributed by atoms with E-state index in [-0.39, 0.29) is 73.3 Å². The van der Waals surface area contributed by atoms with Gasteiger partial charge in [-0.05, 0) is 0 Å². The molecule has 0 spiro atoms. The molecule has 0 aliphatic rings. The van der Waals surface area contributed by atoms with Crippen LogP contribution in [-0.4, -0.2) is 51.1 Å². The van der Waals surface area contributed by atoms with Crippen LogP contribution in [0.2, 0.25) is 0 Å². The fourth-order valence-electron chi connectivity index (χ4n) is 0. The Morgan fingerprint density at radius 2 is 1.00 bits per heavy atom. The largest absolute Gasteiger partial charge is 1.00 e. The van der Waals surface area contributed by atoms with Crippen LogP contribution >= 0.6 is 0 Å². The standard InChI is InChI=1S/Al.Na.H4O4Si.H2O.Zn.4H/c;;1-5(2,3)4;;;;;;/h;;1-4H;1H2;;;;;/q;+1;;;;;;;-1. The Morgan fingerprint density at radius 1 is 1.00 bits per heavy atom. The summed E-state index contributed by atoms with van der Waals surface area (Å²) in [6.07, 6.45) is 0. The maximum atomic E-state index is 7.33. The second-order valence-corrected chi connectivity index (χ2v) is 1.80. The summed E-state index contributed by atoms with van der Waals surface area (Å²) in [5.74, 6) is 0. The van der Waals surface area contributed by atoms with Gasteiger partial charge in [0, 0.05) is 19.5 Å². The summed E-state index contributed by atoms with van der Waals surface area (Å²) in [5, 5.41) is 0. The fraction of sp³-hybridized carbons (Fsp3) is 0. The van der Waals surface area contributed by atoms with Crippen LogP contribution in [0.5, 0.6) is 0 Å². The van der Waals surface area contributed by atoms with Crippen molar-refractivity contribution in [2.75, 3.05) is 0 Å². The molecule has 9 heavy (non-hydrogen) atoms. The molecule has 0 heterocycles. The van der Waals surface area contributed by atoms with Gasteiger partial charge in [0.25, 0.3) is 0 Å².